The molecule has 1 N–H and O–H groups in total. The van der Waals surface area contributed by atoms with E-state index in [9.17, 15) is 9.59 Å². The molecule has 2 aromatic heterocycles. The number of pyridine rings is 1. The Hall–Kier alpha value is -2.51. The van der Waals surface area contributed by atoms with E-state index in [1.54, 1.807) is 32.0 Å². The van der Waals surface area contributed by atoms with Gasteiger partial charge in [0.1, 0.15) is 5.69 Å². The van der Waals surface area contributed by atoms with Crippen LogP contribution in [-0.4, -0.2) is 28.5 Å². The number of fused-ring (bicyclic) bond motifs is 1. The summed E-state index contributed by atoms with van der Waals surface area (Å²) in [4.78, 5) is 32.7. The van der Waals surface area contributed by atoms with Crippen molar-refractivity contribution in [1.82, 2.24) is 9.97 Å². The molecule has 3 aromatic rings. The number of aromatic nitrogens is 2. The van der Waals surface area contributed by atoms with Gasteiger partial charge in [-0.05, 0) is 44.2 Å². The van der Waals surface area contributed by atoms with Crippen LogP contribution in [0.3, 0.4) is 0 Å². The molecule has 0 spiro atoms. The van der Waals surface area contributed by atoms with Crippen molar-refractivity contribution in [1.29, 1.82) is 0 Å². The van der Waals surface area contributed by atoms with E-state index in [1.807, 2.05) is 0 Å². The van der Waals surface area contributed by atoms with Gasteiger partial charge in [0.15, 0.2) is 5.13 Å². The molecule has 25 heavy (non-hydrogen) atoms. The molecule has 1 amide bonds. The summed E-state index contributed by atoms with van der Waals surface area (Å²) in [5.41, 5.74) is 1.73. The second-order valence-corrected chi connectivity index (χ2v) is 6.60. The minimum atomic E-state index is -0.456. The highest BCUT2D eigenvalue weighted by Gasteiger charge is 2.16. The van der Waals surface area contributed by atoms with E-state index in [0.29, 0.717) is 21.4 Å². The van der Waals surface area contributed by atoms with Crippen LogP contribution >= 0.6 is 22.9 Å². The first-order valence-corrected chi connectivity index (χ1v) is 8.69. The average molecular weight is 376 g/mol. The number of carbonyl (C=O) groups excluding carboxylic acids is 2. The van der Waals surface area contributed by atoms with Crippen molar-refractivity contribution in [2.24, 2.45) is 0 Å². The second kappa shape index (κ2) is 7.16. The number of benzene rings is 1. The number of thiazole rings is 1. The van der Waals surface area contributed by atoms with E-state index >= 15 is 0 Å². The molecule has 2 heterocycles. The molecule has 8 heteroatoms. The largest absolute Gasteiger partial charge is 0.462 e. The maximum absolute atomic E-state index is 12.4. The third-order valence-electron chi connectivity index (χ3n) is 3.38. The fraction of sp³-hybridized carbons (Fsp3) is 0.176. The Morgan fingerprint density at radius 2 is 2.04 bits per heavy atom. The van der Waals surface area contributed by atoms with Crippen molar-refractivity contribution >= 4 is 50.2 Å². The summed E-state index contributed by atoms with van der Waals surface area (Å²) >= 11 is 7.28. The zero-order valence-electron chi connectivity index (χ0n) is 13.5. The van der Waals surface area contributed by atoms with Gasteiger partial charge in [-0.3, -0.25) is 10.1 Å². The Morgan fingerprint density at radius 1 is 1.24 bits per heavy atom. The maximum atomic E-state index is 12.4. The van der Waals surface area contributed by atoms with Crippen molar-refractivity contribution in [3.05, 3.63) is 52.3 Å². The van der Waals surface area contributed by atoms with Crippen molar-refractivity contribution in [3.63, 3.8) is 0 Å². The van der Waals surface area contributed by atoms with Gasteiger partial charge < -0.3 is 4.74 Å². The molecule has 0 atom stereocenters. The molecule has 0 radical (unpaired) electrons. The molecule has 0 fully saturated rings. The van der Waals surface area contributed by atoms with Gasteiger partial charge in [-0.2, -0.15) is 0 Å². The van der Waals surface area contributed by atoms with Crippen LogP contribution in [-0.2, 0) is 4.74 Å². The van der Waals surface area contributed by atoms with Crippen LogP contribution in [0.2, 0.25) is 5.02 Å². The molecule has 0 saturated heterocycles. The van der Waals surface area contributed by atoms with Gasteiger partial charge in [-0.1, -0.05) is 22.9 Å². The quantitative estimate of drug-likeness (QED) is 0.695. The number of aryl methyl sites for hydroxylation is 1. The summed E-state index contributed by atoms with van der Waals surface area (Å²) in [6, 6.07) is 8.35. The number of carbonyl (C=O) groups is 2. The molecular weight excluding hydrogens is 362 g/mol. The Kier molecular flexibility index (Phi) is 4.96. The van der Waals surface area contributed by atoms with Crippen molar-refractivity contribution in [3.8, 4) is 0 Å². The first-order chi connectivity index (χ1) is 12.0. The van der Waals surface area contributed by atoms with E-state index in [1.165, 1.54) is 23.5 Å². The van der Waals surface area contributed by atoms with Gasteiger partial charge >= 0.3 is 5.97 Å². The van der Waals surface area contributed by atoms with Crippen molar-refractivity contribution in [2.75, 3.05) is 11.9 Å². The molecule has 0 aliphatic heterocycles. The van der Waals surface area contributed by atoms with Crippen molar-refractivity contribution in [2.45, 2.75) is 13.8 Å². The average Bonchev–Trinajstić information content (AvgIpc) is 2.96. The summed E-state index contributed by atoms with van der Waals surface area (Å²) in [5, 5.41) is 3.78. The topological polar surface area (TPSA) is 81.2 Å². The van der Waals surface area contributed by atoms with Gasteiger partial charge in [0.05, 0.1) is 28.1 Å². The summed E-state index contributed by atoms with van der Waals surface area (Å²) in [6.07, 6.45) is 0. The van der Waals surface area contributed by atoms with E-state index in [0.717, 1.165) is 10.2 Å². The normalized spacial score (nSPS) is 10.7. The van der Waals surface area contributed by atoms with E-state index in [2.05, 4.69) is 15.3 Å². The number of halogens is 1. The number of hydrogen-bond donors (Lipinski definition) is 1. The lowest BCUT2D eigenvalue weighted by Gasteiger charge is -2.06. The number of hydrogen-bond acceptors (Lipinski definition) is 6. The number of ether oxygens (including phenoxy) is 1. The molecule has 1 aromatic carbocycles. The van der Waals surface area contributed by atoms with Crippen LogP contribution in [0.5, 0.6) is 0 Å². The monoisotopic (exact) mass is 375 g/mol. The SMILES string of the molecule is CCOC(=O)c1ccc(C(=O)Nc2nc3ccc(Cl)cc3s2)nc1C. The predicted octanol–water partition coefficient (Wildman–Crippen LogP) is 4.08. The summed E-state index contributed by atoms with van der Waals surface area (Å²) < 4.78 is 5.83. The molecule has 0 aliphatic rings. The molecule has 0 unspecified atom stereocenters. The van der Waals surface area contributed by atoms with Crippen molar-refractivity contribution < 1.29 is 14.3 Å². The Bertz CT molecular complexity index is 971. The van der Waals surface area contributed by atoms with Crippen LogP contribution in [0.1, 0.15) is 33.5 Å². The standard InChI is InChI=1S/C17H14ClN3O3S/c1-3-24-16(23)11-5-7-13(19-9(11)2)15(22)21-17-20-12-6-4-10(18)8-14(12)25-17/h4-8H,3H2,1-2H3,(H,20,21,22). The van der Waals surface area contributed by atoms with E-state index in [-0.39, 0.29) is 12.3 Å². The lowest BCUT2D eigenvalue weighted by Crippen LogP contribution is -2.16. The van der Waals surface area contributed by atoms with Gasteiger partial charge in [-0.15, -0.1) is 0 Å². The highest BCUT2D eigenvalue weighted by Crippen LogP contribution is 2.28. The fourth-order valence-electron chi connectivity index (χ4n) is 2.23. The highest BCUT2D eigenvalue weighted by atomic mass is 35.5. The highest BCUT2D eigenvalue weighted by molar-refractivity contribution is 7.22. The Labute approximate surface area is 152 Å². The Balaban J connectivity index is 1.80. The van der Waals surface area contributed by atoms with Crippen LogP contribution in [0.15, 0.2) is 30.3 Å². The van der Waals surface area contributed by atoms with Crippen LogP contribution in [0, 0.1) is 6.92 Å². The van der Waals surface area contributed by atoms with E-state index in [4.69, 9.17) is 16.3 Å². The lowest BCUT2D eigenvalue weighted by molar-refractivity contribution is 0.0524. The lowest BCUT2D eigenvalue weighted by atomic mass is 10.2. The second-order valence-electron chi connectivity index (χ2n) is 5.14. The minimum absolute atomic E-state index is 0.197. The summed E-state index contributed by atoms with van der Waals surface area (Å²) in [6.45, 7) is 3.67. The Morgan fingerprint density at radius 3 is 2.76 bits per heavy atom. The molecule has 0 bridgehead atoms. The number of esters is 1. The fourth-order valence-corrected chi connectivity index (χ4v) is 3.36. The number of anilines is 1. The molecule has 0 aliphatic carbocycles. The number of rotatable bonds is 4. The summed E-state index contributed by atoms with van der Waals surface area (Å²) in [5.74, 6) is -0.855. The molecule has 6 nitrogen and oxygen atoms in total. The first-order valence-electron chi connectivity index (χ1n) is 7.50. The maximum Gasteiger partial charge on any atom is 0.339 e. The van der Waals surface area contributed by atoms with Gasteiger partial charge in [-0.25, -0.2) is 14.8 Å². The van der Waals surface area contributed by atoms with Gasteiger partial charge in [0, 0.05) is 5.02 Å². The third-order valence-corrected chi connectivity index (χ3v) is 4.55. The molecule has 3 rings (SSSR count). The summed E-state index contributed by atoms with van der Waals surface area (Å²) in [7, 11) is 0. The van der Waals surface area contributed by atoms with Gasteiger partial charge in [0.25, 0.3) is 5.91 Å². The smallest absolute Gasteiger partial charge is 0.339 e. The minimum Gasteiger partial charge on any atom is -0.462 e. The van der Waals surface area contributed by atoms with Crippen LogP contribution < -0.4 is 5.32 Å². The zero-order chi connectivity index (χ0) is 18.0. The molecule has 0 saturated carbocycles. The number of nitrogens with one attached hydrogen (secondary N) is 1. The van der Waals surface area contributed by atoms with Crippen LogP contribution in [0.4, 0.5) is 5.13 Å². The number of nitrogens with zero attached hydrogens (tertiary/aromatic N) is 2. The predicted molar refractivity (Wildman–Crippen MR) is 97.5 cm³/mol. The molecule has 128 valence electrons. The number of amides is 1. The first kappa shape index (κ1) is 17.3. The molecular formula is C17H14ClN3O3S. The zero-order valence-corrected chi connectivity index (χ0v) is 15.1. The van der Waals surface area contributed by atoms with Gasteiger partial charge in [0.2, 0.25) is 0 Å². The van der Waals surface area contributed by atoms with Crippen LogP contribution in [0.25, 0.3) is 10.2 Å². The third kappa shape index (κ3) is 3.78. The van der Waals surface area contributed by atoms with E-state index < -0.39 is 11.9 Å².